The Morgan fingerprint density at radius 1 is 1.25 bits per heavy atom. The highest BCUT2D eigenvalue weighted by Gasteiger charge is 2.26. The molecule has 1 atom stereocenters. The zero-order chi connectivity index (χ0) is 15.2. The fraction of sp³-hybridized carbons (Fsp3) is 0.812. The molecule has 1 rings (SSSR count). The number of rotatable bonds is 9. The predicted molar refractivity (Wildman–Crippen MR) is 87.6 cm³/mol. The highest BCUT2D eigenvalue weighted by atomic mass is 35.5. The molecule has 116 valence electrons. The summed E-state index contributed by atoms with van der Waals surface area (Å²) in [5.74, 6) is 0. The van der Waals surface area contributed by atoms with Gasteiger partial charge in [-0.3, -0.25) is 4.68 Å². The molecule has 20 heavy (non-hydrogen) atoms. The molecule has 0 aliphatic rings. The van der Waals surface area contributed by atoms with Crippen LogP contribution in [0, 0.1) is 5.41 Å². The van der Waals surface area contributed by atoms with Crippen LogP contribution in [-0.2, 0) is 19.4 Å². The Balaban J connectivity index is 2.90. The molecule has 0 radical (unpaired) electrons. The maximum Gasteiger partial charge on any atom is 0.0850 e. The van der Waals surface area contributed by atoms with Gasteiger partial charge in [-0.05, 0) is 44.6 Å². The Kier molecular flexibility index (Phi) is 7.04. The lowest BCUT2D eigenvalue weighted by Gasteiger charge is -2.29. The quantitative estimate of drug-likeness (QED) is 0.696. The van der Waals surface area contributed by atoms with Crippen LogP contribution in [0.15, 0.2) is 0 Å². The summed E-state index contributed by atoms with van der Waals surface area (Å²) in [7, 11) is 0. The van der Waals surface area contributed by atoms with Crippen LogP contribution in [0.4, 0.5) is 0 Å². The standard InChI is InChI=1S/C16H30ClN3/c1-6-10-18-12-16(5,8-3)11-14-15(17)13(7-2)19-20(14)9-4/h18H,6-12H2,1-5H3. The second kappa shape index (κ2) is 8.04. The third-order valence-corrected chi connectivity index (χ3v) is 4.56. The Morgan fingerprint density at radius 2 is 1.95 bits per heavy atom. The van der Waals surface area contributed by atoms with E-state index < -0.39 is 0 Å². The van der Waals surface area contributed by atoms with Crippen molar-refractivity contribution in [3.63, 3.8) is 0 Å². The number of nitrogens with zero attached hydrogens (tertiary/aromatic N) is 2. The summed E-state index contributed by atoms with van der Waals surface area (Å²) in [6.45, 7) is 14.0. The van der Waals surface area contributed by atoms with Gasteiger partial charge in [0.05, 0.1) is 16.4 Å². The van der Waals surface area contributed by atoms with E-state index in [1.54, 1.807) is 0 Å². The van der Waals surface area contributed by atoms with E-state index in [0.717, 1.165) is 49.6 Å². The summed E-state index contributed by atoms with van der Waals surface area (Å²) in [5.41, 5.74) is 2.47. The molecule has 0 bridgehead atoms. The average Bonchev–Trinajstić information content (AvgIpc) is 2.75. The van der Waals surface area contributed by atoms with Crippen molar-refractivity contribution in [1.29, 1.82) is 0 Å². The Hall–Kier alpha value is -0.540. The summed E-state index contributed by atoms with van der Waals surface area (Å²) in [6, 6.07) is 0. The molecule has 1 N–H and O–H groups in total. The molecular weight excluding hydrogens is 270 g/mol. The highest BCUT2D eigenvalue weighted by molar-refractivity contribution is 6.31. The van der Waals surface area contributed by atoms with E-state index in [1.807, 2.05) is 0 Å². The van der Waals surface area contributed by atoms with Crippen molar-refractivity contribution in [2.45, 2.75) is 66.8 Å². The zero-order valence-corrected chi connectivity index (χ0v) is 14.5. The lowest BCUT2D eigenvalue weighted by Crippen LogP contribution is -2.34. The van der Waals surface area contributed by atoms with Gasteiger partial charge in [-0.15, -0.1) is 0 Å². The van der Waals surface area contributed by atoms with Gasteiger partial charge in [-0.25, -0.2) is 0 Å². The van der Waals surface area contributed by atoms with Crippen molar-refractivity contribution in [1.82, 2.24) is 15.1 Å². The highest BCUT2D eigenvalue weighted by Crippen LogP contribution is 2.31. The van der Waals surface area contributed by atoms with Crippen LogP contribution in [0.3, 0.4) is 0 Å². The van der Waals surface area contributed by atoms with Crippen molar-refractivity contribution in [3.8, 4) is 0 Å². The fourth-order valence-corrected chi connectivity index (χ4v) is 2.81. The topological polar surface area (TPSA) is 29.9 Å². The molecule has 1 aromatic rings. The van der Waals surface area contributed by atoms with Gasteiger partial charge in [0.15, 0.2) is 0 Å². The molecule has 3 nitrogen and oxygen atoms in total. The van der Waals surface area contributed by atoms with Gasteiger partial charge >= 0.3 is 0 Å². The first-order valence-electron chi connectivity index (χ1n) is 7.96. The largest absolute Gasteiger partial charge is 0.316 e. The number of nitrogens with one attached hydrogen (secondary N) is 1. The molecule has 0 aromatic carbocycles. The lowest BCUT2D eigenvalue weighted by atomic mass is 9.82. The van der Waals surface area contributed by atoms with Crippen LogP contribution in [0.5, 0.6) is 0 Å². The molecule has 0 aliphatic carbocycles. The molecule has 1 heterocycles. The van der Waals surface area contributed by atoms with Gasteiger partial charge in [0.25, 0.3) is 0 Å². The van der Waals surface area contributed by atoms with Gasteiger partial charge in [-0.1, -0.05) is 39.3 Å². The van der Waals surface area contributed by atoms with E-state index in [4.69, 9.17) is 11.6 Å². The van der Waals surface area contributed by atoms with Gasteiger partial charge in [0.1, 0.15) is 0 Å². The second-order valence-corrected chi connectivity index (χ2v) is 6.27. The van der Waals surface area contributed by atoms with Crippen LogP contribution in [0.1, 0.15) is 58.8 Å². The van der Waals surface area contributed by atoms with Gasteiger partial charge in [-0.2, -0.15) is 5.10 Å². The maximum absolute atomic E-state index is 6.53. The van der Waals surface area contributed by atoms with Gasteiger partial charge in [0, 0.05) is 13.1 Å². The second-order valence-electron chi connectivity index (χ2n) is 5.89. The van der Waals surface area contributed by atoms with Crippen LogP contribution >= 0.6 is 11.6 Å². The molecule has 0 saturated heterocycles. The van der Waals surface area contributed by atoms with Crippen molar-refractivity contribution >= 4 is 11.6 Å². The molecule has 0 spiro atoms. The normalized spacial score (nSPS) is 14.5. The summed E-state index contributed by atoms with van der Waals surface area (Å²) < 4.78 is 2.08. The Bertz CT molecular complexity index is 414. The first-order valence-corrected chi connectivity index (χ1v) is 8.33. The van der Waals surface area contributed by atoms with E-state index in [2.05, 4.69) is 49.7 Å². The zero-order valence-electron chi connectivity index (χ0n) is 13.7. The smallest absolute Gasteiger partial charge is 0.0850 e. The van der Waals surface area contributed by atoms with Gasteiger partial charge < -0.3 is 5.32 Å². The minimum atomic E-state index is 0.233. The van der Waals surface area contributed by atoms with E-state index in [1.165, 1.54) is 12.1 Å². The molecule has 0 amide bonds. The van der Waals surface area contributed by atoms with Crippen molar-refractivity contribution in [2.75, 3.05) is 13.1 Å². The number of hydrogen-bond acceptors (Lipinski definition) is 2. The molecule has 1 aromatic heterocycles. The molecule has 4 heteroatoms. The molecule has 0 saturated carbocycles. The molecule has 1 unspecified atom stereocenters. The number of aromatic nitrogens is 2. The lowest BCUT2D eigenvalue weighted by molar-refractivity contribution is 0.283. The maximum atomic E-state index is 6.53. The van der Waals surface area contributed by atoms with Gasteiger partial charge in [0.2, 0.25) is 0 Å². The van der Waals surface area contributed by atoms with E-state index >= 15 is 0 Å². The first-order chi connectivity index (χ1) is 9.51. The fourth-order valence-electron chi connectivity index (χ4n) is 2.47. The van der Waals surface area contributed by atoms with E-state index in [-0.39, 0.29) is 5.41 Å². The number of aryl methyl sites for hydroxylation is 2. The van der Waals surface area contributed by atoms with Crippen LogP contribution in [0.25, 0.3) is 0 Å². The summed E-state index contributed by atoms with van der Waals surface area (Å²) >= 11 is 6.53. The summed E-state index contributed by atoms with van der Waals surface area (Å²) in [5, 5.41) is 9.06. The van der Waals surface area contributed by atoms with E-state index in [9.17, 15) is 0 Å². The first kappa shape index (κ1) is 17.5. The molecule has 0 aliphatic heterocycles. The van der Waals surface area contributed by atoms with E-state index in [0.29, 0.717) is 0 Å². The van der Waals surface area contributed by atoms with Crippen LogP contribution in [0.2, 0.25) is 5.02 Å². The summed E-state index contributed by atoms with van der Waals surface area (Å²) in [4.78, 5) is 0. The van der Waals surface area contributed by atoms with Crippen molar-refractivity contribution in [2.24, 2.45) is 5.41 Å². The molecule has 0 fully saturated rings. The minimum Gasteiger partial charge on any atom is -0.316 e. The Labute approximate surface area is 129 Å². The SMILES string of the molecule is CCCNCC(C)(CC)Cc1c(Cl)c(CC)nn1CC. The molecular formula is C16H30ClN3. The van der Waals surface area contributed by atoms with Crippen molar-refractivity contribution < 1.29 is 0 Å². The monoisotopic (exact) mass is 299 g/mol. The predicted octanol–water partition coefficient (Wildman–Crippen LogP) is 4.08. The third kappa shape index (κ3) is 4.23. The Morgan fingerprint density at radius 3 is 2.45 bits per heavy atom. The number of hydrogen-bond donors (Lipinski definition) is 1. The van der Waals surface area contributed by atoms with Crippen LogP contribution < -0.4 is 5.32 Å². The minimum absolute atomic E-state index is 0.233. The average molecular weight is 300 g/mol. The third-order valence-electron chi connectivity index (χ3n) is 4.12. The van der Waals surface area contributed by atoms with Crippen LogP contribution in [-0.4, -0.2) is 22.9 Å². The number of halogens is 1. The summed E-state index contributed by atoms with van der Waals surface area (Å²) in [6.07, 6.45) is 4.19. The van der Waals surface area contributed by atoms with Crippen molar-refractivity contribution in [3.05, 3.63) is 16.4 Å².